The van der Waals surface area contributed by atoms with Crippen molar-refractivity contribution in [2.75, 3.05) is 6.54 Å². The summed E-state index contributed by atoms with van der Waals surface area (Å²) >= 11 is 0. The largest absolute Gasteiger partial charge is 0.481 e. The SMILES string of the molecule is N[C@@H]1CCCC(N2CC(CCC3CCCCC3)C3CC(CCC(=O)O)CC=C32)C1. The molecule has 3 N–H and O–H groups in total. The van der Waals surface area contributed by atoms with Gasteiger partial charge in [-0.25, -0.2) is 0 Å². The third kappa shape index (κ3) is 5.37. The predicted octanol–water partition coefficient (Wildman–Crippen LogP) is 5.32. The molecule has 4 heteroatoms. The molecule has 0 aromatic heterocycles. The Kier molecular flexibility index (Phi) is 7.21. The molecule has 3 aliphatic carbocycles. The lowest BCUT2D eigenvalue weighted by atomic mass is 9.75. The second kappa shape index (κ2) is 9.85. The van der Waals surface area contributed by atoms with E-state index in [-0.39, 0.29) is 0 Å². The first-order valence-corrected chi connectivity index (χ1v) is 12.5. The Morgan fingerprint density at radius 2 is 1.83 bits per heavy atom. The van der Waals surface area contributed by atoms with Crippen LogP contribution in [0.1, 0.15) is 96.3 Å². The molecule has 0 amide bonds. The number of carboxylic acids is 1. The monoisotopic (exact) mass is 402 g/mol. The van der Waals surface area contributed by atoms with Gasteiger partial charge in [-0.15, -0.1) is 0 Å². The Bertz CT molecular complexity index is 583. The molecule has 4 nitrogen and oxygen atoms in total. The molecular weight excluding hydrogens is 360 g/mol. The van der Waals surface area contributed by atoms with Gasteiger partial charge in [-0.3, -0.25) is 4.79 Å². The minimum Gasteiger partial charge on any atom is -0.481 e. The molecule has 1 aliphatic heterocycles. The summed E-state index contributed by atoms with van der Waals surface area (Å²) in [5.41, 5.74) is 7.95. The summed E-state index contributed by atoms with van der Waals surface area (Å²) < 4.78 is 0. The van der Waals surface area contributed by atoms with Crippen LogP contribution in [0.15, 0.2) is 11.8 Å². The Labute approximate surface area is 177 Å². The lowest BCUT2D eigenvalue weighted by molar-refractivity contribution is -0.137. The van der Waals surface area contributed by atoms with Gasteiger partial charge in [0, 0.05) is 36.7 Å². The molecule has 164 valence electrons. The predicted molar refractivity (Wildman–Crippen MR) is 117 cm³/mol. The van der Waals surface area contributed by atoms with E-state index in [4.69, 9.17) is 10.8 Å². The smallest absolute Gasteiger partial charge is 0.303 e. The topological polar surface area (TPSA) is 66.6 Å². The highest BCUT2D eigenvalue weighted by atomic mass is 16.4. The molecule has 3 fully saturated rings. The molecule has 4 unspecified atom stereocenters. The number of aliphatic carboxylic acids is 1. The second-order valence-electron chi connectivity index (χ2n) is 10.6. The van der Waals surface area contributed by atoms with Crippen LogP contribution in [0.5, 0.6) is 0 Å². The number of rotatable bonds is 7. The maximum absolute atomic E-state index is 11.1. The average Bonchev–Trinajstić information content (AvgIpc) is 3.09. The Morgan fingerprint density at radius 1 is 1.00 bits per heavy atom. The molecule has 0 aromatic rings. The first kappa shape index (κ1) is 21.2. The molecule has 4 aliphatic rings. The quantitative estimate of drug-likeness (QED) is 0.604. The summed E-state index contributed by atoms with van der Waals surface area (Å²) in [5, 5.41) is 9.11. The van der Waals surface area contributed by atoms with E-state index in [0.717, 1.165) is 31.1 Å². The Hall–Kier alpha value is -1.03. The van der Waals surface area contributed by atoms with Crippen LogP contribution in [0, 0.1) is 23.7 Å². The maximum atomic E-state index is 11.1. The number of hydrogen-bond donors (Lipinski definition) is 2. The van der Waals surface area contributed by atoms with Gasteiger partial charge in [0.2, 0.25) is 0 Å². The number of fused-ring (bicyclic) bond motifs is 1. The van der Waals surface area contributed by atoms with E-state index in [9.17, 15) is 4.79 Å². The van der Waals surface area contributed by atoms with Crippen LogP contribution < -0.4 is 5.73 Å². The number of likely N-dealkylation sites (tertiary alicyclic amines) is 1. The molecule has 1 saturated heterocycles. The van der Waals surface area contributed by atoms with Crippen molar-refractivity contribution in [1.29, 1.82) is 0 Å². The van der Waals surface area contributed by atoms with Crippen molar-refractivity contribution in [3.8, 4) is 0 Å². The van der Waals surface area contributed by atoms with Crippen LogP contribution in [0.25, 0.3) is 0 Å². The fraction of sp³-hybridized carbons (Fsp3) is 0.880. The first-order valence-electron chi connectivity index (χ1n) is 12.5. The number of carboxylic acid groups (broad SMARTS) is 1. The van der Waals surface area contributed by atoms with Crippen LogP contribution in [0.4, 0.5) is 0 Å². The van der Waals surface area contributed by atoms with Gasteiger partial charge in [0.25, 0.3) is 0 Å². The van der Waals surface area contributed by atoms with Gasteiger partial charge in [0.05, 0.1) is 0 Å². The first-order chi connectivity index (χ1) is 14.1. The molecule has 0 aromatic carbocycles. The van der Waals surface area contributed by atoms with Gasteiger partial charge in [0.1, 0.15) is 0 Å². The third-order valence-corrected chi connectivity index (χ3v) is 8.52. The van der Waals surface area contributed by atoms with Crippen molar-refractivity contribution in [2.45, 2.75) is 108 Å². The zero-order valence-electron chi connectivity index (χ0n) is 18.2. The summed E-state index contributed by atoms with van der Waals surface area (Å²) in [4.78, 5) is 13.8. The molecule has 5 atom stereocenters. The zero-order valence-corrected chi connectivity index (χ0v) is 18.2. The van der Waals surface area contributed by atoms with Gasteiger partial charge in [-0.2, -0.15) is 0 Å². The fourth-order valence-electron chi connectivity index (χ4n) is 6.89. The number of nitrogens with zero attached hydrogens (tertiary/aromatic N) is 1. The van der Waals surface area contributed by atoms with Crippen LogP contribution in [-0.4, -0.2) is 34.6 Å². The Balaban J connectivity index is 1.43. The molecule has 0 spiro atoms. The number of nitrogens with two attached hydrogens (primary N) is 1. The Morgan fingerprint density at radius 3 is 2.59 bits per heavy atom. The van der Waals surface area contributed by atoms with Crippen molar-refractivity contribution in [3.63, 3.8) is 0 Å². The lowest BCUT2D eigenvalue weighted by Crippen LogP contribution is -2.41. The summed E-state index contributed by atoms with van der Waals surface area (Å²) in [6.07, 6.45) is 20.9. The van der Waals surface area contributed by atoms with E-state index in [1.54, 1.807) is 5.70 Å². The second-order valence-corrected chi connectivity index (χ2v) is 10.6. The molecule has 0 radical (unpaired) electrons. The van der Waals surface area contributed by atoms with Crippen molar-refractivity contribution in [3.05, 3.63) is 11.8 Å². The van der Waals surface area contributed by atoms with E-state index in [1.165, 1.54) is 77.2 Å². The van der Waals surface area contributed by atoms with E-state index >= 15 is 0 Å². The zero-order chi connectivity index (χ0) is 20.2. The van der Waals surface area contributed by atoms with Crippen LogP contribution in [0.3, 0.4) is 0 Å². The van der Waals surface area contributed by atoms with Crippen LogP contribution >= 0.6 is 0 Å². The summed E-state index contributed by atoms with van der Waals surface area (Å²) in [5.74, 6) is 2.32. The van der Waals surface area contributed by atoms with Crippen LogP contribution in [-0.2, 0) is 4.79 Å². The van der Waals surface area contributed by atoms with Crippen LogP contribution in [0.2, 0.25) is 0 Å². The highest BCUT2D eigenvalue weighted by molar-refractivity contribution is 5.66. The van der Waals surface area contributed by atoms with Crippen molar-refractivity contribution >= 4 is 5.97 Å². The number of allylic oxidation sites excluding steroid dienone is 2. The van der Waals surface area contributed by atoms with Gasteiger partial charge in [-0.1, -0.05) is 44.6 Å². The summed E-state index contributed by atoms with van der Waals surface area (Å²) in [7, 11) is 0. The average molecular weight is 403 g/mol. The van der Waals surface area contributed by atoms with E-state index in [2.05, 4.69) is 11.0 Å². The minimum atomic E-state index is -0.641. The minimum absolute atomic E-state index is 0.328. The summed E-state index contributed by atoms with van der Waals surface area (Å²) in [6.45, 7) is 1.23. The van der Waals surface area contributed by atoms with Gasteiger partial charge in [-0.05, 0) is 69.1 Å². The van der Waals surface area contributed by atoms with E-state index in [1.807, 2.05) is 0 Å². The lowest BCUT2D eigenvalue weighted by Gasteiger charge is -2.38. The van der Waals surface area contributed by atoms with Crippen molar-refractivity contribution < 1.29 is 9.90 Å². The molecule has 4 rings (SSSR count). The maximum Gasteiger partial charge on any atom is 0.303 e. The molecule has 2 saturated carbocycles. The van der Waals surface area contributed by atoms with Gasteiger partial charge >= 0.3 is 5.97 Å². The molecule has 1 heterocycles. The van der Waals surface area contributed by atoms with Crippen molar-refractivity contribution in [1.82, 2.24) is 4.90 Å². The van der Waals surface area contributed by atoms with Crippen molar-refractivity contribution in [2.24, 2.45) is 29.4 Å². The molecular formula is C25H42N2O2. The number of carbonyl (C=O) groups is 1. The standard InChI is InChI=1S/C25H42N2O2/c26-21-7-4-8-22(16-21)27-17-20(12-9-18-5-2-1-3-6-18)23-15-19(10-13-24(23)27)11-14-25(28)29/h13,18-23H,1-12,14-17,26H2,(H,28,29)/t19?,20?,21-,22?,23?/m1/s1. The van der Waals surface area contributed by atoms with E-state index < -0.39 is 5.97 Å². The number of hydrogen-bond acceptors (Lipinski definition) is 3. The normalized spacial score (nSPS) is 36.0. The highest BCUT2D eigenvalue weighted by Crippen LogP contribution is 2.47. The summed E-state index contributed by atoms with van der Waals surface area (Å²) in [6, 6.07) is 1.02. The van der Waals surface area contributed by atoms with Gasteiger partial charge in [0.15, 0.2) is 0 Å². The molecule has 0 bridgehead atoms. The molecule has 29 heavy (non-hydrogen) atoms. The third-order valence-electron chi connectivity index (χ3n) is 8.52. The fourth-order valence-corrected chi connectivity index (χ4v) is 6.89. The highest BCUT2D eigenvalue weighted by Gasteiger charge is 2.42. The van der Waals surface area contributed by atoms with Gasteiger partial charge < -0.3 is 15.7 Å². The van der Waals surface area contributed by atoms with E-state index in [0.29, 0.717) is 30.3 Å².